The lowest BCUT2D eigenvalue weighted by Gasteiger charge is -2.45. The van der Waals surface area contributed by atoms with Crippen LogP contribution in [0.2, 0.25) is 0 Å². The quantitative estimate of drug-likeness (QED) is 0.688. The summed E-state index contributed by atoms with van der Waals surface area (Å²) in [5.74, 6) is 1.67. The number of ketones is 1. The van der Waals surface area contributed by atoms with Crippen LogP contribution in [0.1, 0.15) is 56.1 Å². The number of benzene rings is 1. The molecule has 2 fully saturated rings. The average Bonchev–Trinajstić information content (AvgIpc) is 2.85. The third kappa shape index (κ3) is 1.47. The number of Topliss-reactive ketones (excluding diaryl/α,β-unsaturated/α-hetero) is 1. The predicted octanol–water partition coefficient (Wildman–Crippen LogP) is 4.42. The number of allylic oxidation sites excluding steroid dienone is 2. The maximum atomic E-state index is 12.5. The van der Waals surface area contributed by atoms with E-state index in [1.165, 1.54) is 17.5 Å². The van der Waals surface area contributed by atoms with Crippen molar-refractivity contribution >= 4 is 5.78 Å². The Hall–Kier alpha value is -1.37. The first-order valence-corrected chi connectivity index (χ1v) is 8.07. The van der Waals surface area contributed by atoms with Crippen LogP contribution in [0.3, 0.4) is 0 Å². The highest BCUT2D eigenvalue weighted by Crippen LogP contribution is 2.59. The molecule has 0 unspecified atom stereocenters. The molecule has 0 radical (unpaired) electrons. The molecule has 0 saturated heterocycles. The summed E-state index contributed by atoms with van der Waals surface area (Å²) in [7, 11) is 0. The van der Waals surface area contributed by atoms with E-state index < -0.39 is 0 Å². The minimum absolute atomic E-state index is 0.00534. The molecule has 0 spiro atoms. The van der Waals surface area contributed by atoms with Gasteiger partial charge in [-0.25, -0.2) is 0 Å². The molecular formula is C19H22O. The van der Waals surface area contributed by atoms with E-state index in [1.54, 1.807) is 5.57 Å². The summed E-state index contributed by atoms with van der Waals surface area (Å²) in [6, 6.07) is 8.89. The molecule has 0 heterocycles. The summed E-state index contributed by atoms with van der Waals surface area (Å²) in [5, 5.41) is 0. The van der Waals surface area contributed by atoms with E-state index in [0.29, 0.717) is 17.6 Å². The van der Waals surface area contributed by atoms with E-state index in [9.17, 15) is 4.79 Å². The Labute approximate surface area is 121 Å². The van der Waals surface area contributed by atoms with E-state index >= 15 is 0 Å². The van der Waals surface area contributed by atoms with Gasteiger partial charge in [0.2, 0.25) is 0 Å². The Balaban J connectivity index is 1.78. The topological polar surface area (TPSA) is 17.1 Å². The third-order valence-electron chi connectivity index (χ3n) is 6.19. The largest absolute Gasteiger partial charge is 0.299 e. The molecule has 0 N–H and O–H groups in total. The van der Waals surface area contributed by atoms with Gasteiger partial charge in [0.05, 0.1) is 0 Å². The maximum Gasteiger partial charge on any atom is 0.139 e. The monoisotopic (exact) mass is 266 g/mol. The fourth-order valence-electron chi connectivity index (χ4n) is 5.13. The fraction of sp³-hybridized carbons (Fsp3) is 0.526. The fourth-order valence-corrected chi connectivity index (χ4v) is 5.13. The molecule has 3 aliphatic carbocycles. The van der Waals surface area contributed by atoms with Crippen molar-refractivity contribution < 1.29 is 4.79 Å². The van der Waals surface area contributed by atoms with Crippen molar-refractivity contribution in [2.24, 2.45) is 11.3 Å². The summed E-state index contributed by atoms with van der Waals surface area (Å²) in [5.41, 5.74) is 4.63. The molecule has 1 heteroatoms. The summed E-state index contributed by atoms with van der Waals surface area (Å²) in [4.78, 5) is 12.5. The van der Waals surface area contributed by atoms with Crippen LogP contribution in [0.5, 0.6) is 0 Å². The van der Waals surface area contributed by atoms with Crippen LogP contribution in [-0.4, -0.2) is 5.78 Å². The van der Waals surface area contributed by atoms with Gasteiger partial charge in [-0.1, -0.05) is 42.8 Å². The van der Waals surface area contributed by atoms with Crippen molar-refractivity contribution in [3.8, 4) is 0 Å². The molecule has 20 heavy (non-hydrogen) atoms. The molecule has 0 aromatic heterocycles. The van der Waals surface area contributed by atoms with Crippen molar-refractivity contribution in [1.29, 1.82) is 0 Å². The Morgan fingerprint density at radius 3 is 2.95 bits per heavy atom. The number of fused-ring (bicyclic) bond motifs is 5. The first-order chi connectivity index (χ1) is 9.76. The first kappa shape index (κ1) is 12.4. The molecule has 0 amide bonds. The zero-order chi connectivity index (χ0) is 13.7. The molecule has 104 valence electrons. The van der Waals surface area contributed by atoms with Crippen LogP contribution in [0, 0.1) is 11.3 Å². The number of hydrogen-bond acceptors (Lipinski definition) is 1. The van der Waals surface area contributed by atoms with Crippen LogP contribution in [0.25, 0.3) is 0 Å². The number of rotatable bonds is 1. The lowest BCUT2D eigenvalue weighted by Crippen LogP contribution is -2.39. The second-order valence-corrected chi connectivity index (χ2v) is 6.72. The highest BCUT2D eigenvalue weighted by atomic mass is 16.1. The van der Waals surface area contributed by atoms with Crippen molar-refractivity contribution in [2.75, 3.05) is 0 Å². The van der Waals surface area contributed by atoms with Gasteiger partial charge in [-0.3, -0.25) is 4.79 Å². The molecule has 1 nitrogen and oxygen atoms in total. The van der Waals surface area contributed by atoms with Gasteiger partial charge in [0.25, 0.3) is 0 Å². The molecular weight excluding hydrogens is 244 g/mol. The van der Waals surface area contributed by atoms with Gasteiger partial charge in [-0.15, -0.1) is 0 Å². The highest BCUT2D eigenvalue weighted by Gasteiger charge is 2.53. The molecule has 0 bridgehead atoms. The van der Waals surface area contributed by atoms with Gasteiger partial charge in [-0.05, 0) is 49.1 Å². The van der Waals surface area contributed by atoms with Gasteiger partial charge >= 0.3 is 0 Å². The Morgan fingerprint density at radius 1 is 1.25 bits per heavy atom. The third-order valence-corrected chi connectivity index (χ3v) is 6.19. The van der Waals surface area contributed by atoms with Crippen molar-refractivity contribution in [1.82, 2.24) is 0 Å². The second kappa shape index (κ2) is 4.31. The van der Waals surface area contributed by atoms with E-state index in [0.717, 1.165) is 32.1 Å². The normalized spacial score (nSPS) is 35.0. The van der Waals surface area contributed by atoms with Gasteiger partial charge in [0.15, 0.2) is 0 Å². The van der Waals surface area contributed by atoms with E-state index in [2.05, 4.69) is 37.3 Å². The molecule has 1 aromatic carbocycles. The predicted molar refractivity (Wildman–Crippen MR) is 80.7 cm³/mol. The number of hydrogen-bond donors (Lipinski definition) is 0. The van der Waals surface area contributed by atoms with Crippen LogP contribution in [-0.2, 0) is 11.2 Å². The summed E-state index contributed by atoms with van der Waals surface area (Å²) in [6.45, 7) is 2.22. The Morgan fingerprint density at radius 2 is 2.10 bits per heavy atom. The minimum Gasteiger partial charge on any atom is -0.299 e. The highest BCUT2D eigenvalue weighted by molar-refractivity contribution is 5.88. The van der Waals surface area contributed by atoms with Crippen molar-refractivity contribution in [3.05, 3.63) is 47.0 Å². The summed E-state index contributed by atoms with van der Waals surface area (Å²) >= 11 is 0. The van der Waals surface area contributed by atoms with Gasteiger partial charge in [0, 0.05) is 17.8 Å². The van der Waals surface area contributed by atoms with Crippen molar-refractivity contribution in [2.45, 2.75) is 51.4 Å². The zero-order valence-electron chi connectivity index (χ0n) is 12.2. The van der Waals surface area contributed by atoms with Crippen LogP contribution in [0.15, 0.2) is 35.9 Å². The standard InChI is InChI=1S/C19H22O/c1-2-19-12-11-15-14-6-4-3-5-13(14)7-8-16(15)17(19)9-10-18(19)20/h3-6,8,15,17H,2,7,9-12H2,1H3/t15-,17+,19+/m1/s1. The van der Waals surface area contributed by atoms with E-state index in [-0.39, 0.29) is 5.41 Å². The first-order valence-electron chi connectivity index (χ1n) is 8.07. The van der Waals surface area contributed by atoms with Crippen LogP contribution in [0.4, 0.5) is 0 Å². The molecule has 3 aliphatic rings. The lowest BCUT2D eigenvalue weighted by molar-refractivity contribution is -0.128. The zero-order valence-corrected chi connectivity index (χ0v) is 12.2. The van der Waals surface area contributed by atoms with Gasteiger partial charge < -0.3 is 0 Å². The SMILES string of the molecule is CC[C@]12CC[C@H]3C(=CCc4ccccc43)[C@@H]1CCC2=O. The Bertz CT molecular complexity index is 598. The molecule has 2 saturated carbocycles. The average molecular weight is 266 g/mol. The lowest BCUT2D eigenvalue weighted by atomic mass is 9.58. The summed E-state index contributed by atoms with van der Waals surface area (Å²) in [6.07, 6.45) is 8.72. The van der Waals surface area contributed by atoms with Crippen LogP contribution >= 0.6 is 0 Å². The summed E-state index contributed by atoms with van der Waals surface area (Å²) < 4.78 is 0. The molecule has 3 atom stereocenters. The maximum absolute atomic E-state index is 12.5. The Kier molecular flexibility index (Phi) is 2.67. The van der Waals surface area contributed by atoms with Crippen molar-refractivity contribution in [3.63, 3.8) is 0 Å². The molecule has 0 aliphatic heterocycles. The molecule has 1 aromatic rings. The van der Waals surface area contributed by atoms with Crippen LogP contribution < -0.4 is 0 Å². The van der Waals surface area contributed by atoms with Gasteiger partial charge in [-0.2, -0.15) is 0 Å². The van der Waals surface area contributed by atoms with Gasteiger partial charge in [0.1, 0.15) is 5.78 Å². The molecule has 4 rings (SSSR count). The minimum atomic E-state index is -0.00534. The van der Waals surface area contributed by atoms with E-state index in [4.69, 9.17) is 0 Å². The smallest absolute Gasteiger partial charge is 0.139 e. The second-order valence-electron chi connectivity index (χ2n) is 6.72. The van der Waals surface area contributed by atoms with E-state index in [1.807, 2.05) is 0 Å². The number of carbonyl (C=O) groups excluding carboxylic acids is 1. The number of carbonyl (C=O) groups is 1.